The van der Waals surface area contributed by atoms with Crippen molar-refractivity contribution in [2.45, 2.75) is 33.4 Å². The van der Waals surface area contributed by atoms with Gasteiger partial charge in [-0.05, 0) is 44.5 Å². The summed E-state index contributed by atoms with van der Waals surface area (Å²) in [6, 6.07) is 8.32. The maximum Gasteiger partial charge on any atom is 0.255 e. The topological polar surface area (TPSA) is 51.0 Å². The molecule has 0 aliphatic rings. The molecule has 25 heavy (non-hydrogen) atoms. The van der Waals surface area contributed by atoms with Crippen molar-refractivity contribution in [2.75, 3.05) is 6.54 Å². The average Bonchev–Trinajstić information content (AvgIpc) is 3.02. The van der Waals surface area contributed by atoms with Gasteiger partial charge in [0.25, 0.3) is 5.91 Å². The van der Waals surface area contributed by atoms with Crippen molar-refractivity contribution < 1.29 is 9.18 Å². The SMILES string of the molecule is CCN(Cc1cccc(F)c1)C(=O)c1cnc2c(cnn2C(C)C)c1. The number of fused-ring (bicyclic) bond motifs is 1. The molecule has 0 fully saturated rings. The van der Waals surface area contributed by atoms with Gasteiger partial charge in [0, 0.05) is 30.7 Å². The quantitative estimate of drug-likeness (QED) is 0.709. The van der Waals surface area contributed by atoms with Gasteiger partial charge >= 0.3 is 0 Å². The van der Waals surface area contributed by atoms with E-state index < -0.39 is 0 Å². The third-order valence-electron chi connectivity index (χ3n) is 4.10. The van der Waals surface area contributed by atoms with Crippen LogP contribution < -0.4 is 0 Å². The summed E-state index contributed by atoms with van der Waals surface area (Å²) in [4.78, 5) is 18.9. The molecule has 5 nitrogen and oxygen atoms in total. The van der Waals surface area contributed by atoms with Gasteiger partial charge in [0.2, 0.25) is 0 Å². The summed E-state index contributed by atoms with van der Waals surface area (Å²) >= 11 is 0. The number of nitrogens with zero attached hydrogens (tertiary/aromatic N) is 4. The van der Waals surface area contributed by atoms with Crippen molar-refractivity contribution in [1.29, 1.82) is 0 Å². The first-order chi connectivity index (χ1) is 12.0. The first-order valence-electron chi connectivity index (χ1n) is 8.36. The number of rotatable bonds is 5. The summed E-state index contributed by atoms with van der Waals surface area (Å²) in [6.45, 7) is 6.85. The lowest BCUT2D eigenvalue weighted by Gasteiger charge is -2.21. The van der Waals surface area contributed by atoms with Crippen LogP contribution in [0.15, 0.2) is 42.7 Å². The van der Waals surface area contributed by atoms with Crippen molar-refractivity contribution in [2.24, 2.45) is 0 Å². The lowest BCUT2D eigenvalue weighted by atomic mass is 10.1. The molecule has 0 N–H and O–H groups in total. The third-order valence-corrected chi connectivity index (χ3v) is 4.10. The summed E-state index contributed by atoms with van der Waals surface area (Å²) in [7, 11) is 0. The molecule has 130 valence electrons. The molecule has 0 bridgehead atoms. The lowest BCUT2D eigenvalue weighted by molar-refractivity contribution is 0.0752. The number of benzene rings is 1. The second-order valence-electron chi connectivity index (χ2n) is 6.27. The average molecular weight is 340 g/mol. The Morgan fingerprint density at radius 2 is 2.08 bits per heavy atom. The highest BCUT2D eigenvalue weighted by Gasteiger charge is 2.17. The van der Waals surface area contributed by atoms with E-state index in [1.54, 1.807) is 23.4 Å². The van der Waals surface area contributed by atoms with E-state index in [1.165, 1.54) is 12.1 Å². The second kappa shape index (κ2) is 7.01. The highest BCUT2D eigenvalue weighted by atomic mass is 19.1. The molecule has 1 aromatic carbocycles. The molecular formula is C19H21FN4O. The predicted molar refractivity (Wildman–Crippen MR) is 94.7 cm³/mol. The number of hydrogen-bond donors (Lipinski definition) is 0. The van der Waals surface area contributed by atoms with Crippen LogP contribution in [-0.2, 0) is 6.54 Å². The molecular weight excluding hydrogens is 319 g/mol. The van der Waals surface area contributed by atoms with E-state index in [9.17, 15) is 9.18 Å². The van der Waals surface area contributed by atoms with Crippen LogP contribution >= 0.6 is 0 Å². The molecule has 0 radical (unpaired) electrons. The number of carbonyl (C=O) groups excluding carboxylic acids is 1. The van der Waals surface area contributed by atoms with Crippen LogP contribution in [0.25, 0.3) is 11.0 Å². The van der Waals surface area contributed by atoms with E-state index in [2.05, 4.69) is 10.1 Å². The summed E-state index contributed by atoms with van der Waals surface area (Å²) in [5, 5.41) is 5.16. The molecule has 0 spiro atoms. The second-order valence-corrected chi connectivity index (χ2v) is 6.27. The maximum atomic E-state index is 13.4. The van der Waals surface area contributed by atoms with E-state index in [1.807, 2.05) is 37.6 Å². The fourth-order valence-electron chi connectivity index (χ4n) is 2.80. The molecule has 6 heteroatoms. The lowest BCUT2D eigenvalue weighted by Crippen LogP contribution is -2.30. The van der Waals surface area contributed by atoms with Crippen LogP contribution in [0, 0.1) is 5.82 Å². The number of carbonyl (C=O) groups is 1. The van der Waals surface area contributed by atoms with Crippen molar-refractivity contribution >= 4 is 16.9 Å². The normalized spacial score (nSPS) is 11.2. The van der Waals surface area contributed by atoms with Gasteiger partial charge < -0.3 is 4.90 Å². The molecule has 0 aliphatic heterocycles. The first kappa shape index (κ1) is 17.1. The smallest absolute Gasteiger partial charge is 0.255 e. The molecule has 0 atom stereocenters. The first-order valence-corrected chi connectivity index (χ1v) is 8.36. The summed E-state index contributed by atoms with van der Waals surface area (Å²) in [5.41, 5.74) is 2.03. The van der Waals surface area contributed by atoms with Crippen LogP contribution in [0.1, 0.15) is 42.7 Å². The van der Waals surface area contributed by atoms with E-state index in [0.29, 0.717) is 18.7 Å². The zero-order valence-corrected chi connectivity index (χ0v) is 14.6. The minimum absolute atomic E-state index is 0.126. The monoisotopic (exact) mass is 340 g/mol. The van der Waals surface area contributed by atoms with E-state index in [0.717, 1.165) is 16.6 Å². The van der Waals surface area contributed by atoms with Gasteiger partial charge in [0.15, 0.2) is 5.65 Å². The molecule has 0 saturated carbocycles. The van der Waals surface area contributed by atoms with Crippen molar-refractivity contribution in [3.8, 4) is 0 Å². The Labute approximate surface area is 146 Å². The molecule has 2 aromatic heterocycles. The minimum atomic E-state index is -0.301. The van der Waals surface area contributed by atoms with Gasteiger partial charge in [-0.2, -0.15) is 5.10 Å². The van der Waals surface area contributed by atoms with Gasteiger partial charge in [-0.15, -0.1) is 0 Å². The van der Waals surface area contributed by atoms with Crippen molar-refractivity contribution in [3.63, 3.8) is 0 Å². The molecule has 0 aliphatic carbocycles. The van der Waals surface area contributed by atoms with Gasteiger partial charge in [-0.25, -0.2) is 14.1 Å². The van der Waals surface area contributed by atoms with E-state index in [4.69, 9.17) is 0 Å². The van der Waals surface area contributed by atoms with Gasteiger partial charge in [-0.1, -0.05) is 12.1 Å². The van der Waals surface area contributed by atoms with E-state index in [-0.39, 0.29) is 17.8 Å². The molecule has 3 aromatic rings. The van der Waals surface area contributed by atoms with Crippen molar-refractivity contribution in [3.05, 3.63) is 59.7 Å². The summed E-state index contributed by atoms with van der Waals surface area (Å²) in [6.07, 6.45) is 3.31. The van der Waals surface area contributed by atoms with Crippen LogP contribution in [0.2, 0.25) is 0 Å². The van der Waals surface area contributed by atoms with E-state index >= 15 is 0 Å². The Balaban J connectivity index is 1.86. The fourth-order valence-corrected chi connectivity index (χ4v) is 2.80. The Morgan fingerprint density at radius 1 is 1.28 bits per heavy atom. The number of pyridine rings is 1. The summed E-state index contributed by atoms with van der Waals surface area (Å²) in [5.74, 6) is -0.427. The van der Waals surface area contributed by atoms with Crippen LogP contribution in [0.4, 0.5) is 4.39 Å². The molecule has 0 saturated heterocycles. The third kappa shape index (κ3) is 3.52. The van der Waals surface area contributed by atoms with Crippen LogP contribution in [0.5, 0.6) is 0 Å². The molecule has 0 unspecified atom stereocenters. The Kier molecular flexibility index (Phi) is 4.79. The van der Waals surface area contributed by atoms with Gasteiger partial charge in [0.1, 0.15) is 5.82 Å². The zero-order chi connectivity index (χ0) is 18.0. The summed E-state index contributed by atoms with van der Waals surface area (Å²) < 4.78 is 15.2. The number of aromatic nitrogens is 3. The zero-order valence-electron chi connectivity index (χ0n) is 14.6. The number of amides is 1. The Hall–Kier alpha value is -2.76. The highest BCUT2D eigenvalue weighted by molar-refractivity contribution is 5.96. The number of halogens is 1. The van der Waals surface area contributed by atoms with Crippen molar-refractivity contribution in [1.82, 2.24) is 19.7 Å². The van der Waals surface area contributed by atoms with Crippen LogP contribution in [0.3, 0.4) is 0 Å². The predicted octanol–water partition coefficient (Wildman–Crippen LogP) is 3.81. The molecule has 3 rings (SSSR count). The maximum absolute atomic E-state index is 13.4. The highest BCUT2D eigenvalue weighted by Crippen LogP contribution is 2.18. The number of hydrogen-bond acceptors (Lipinski definition) is 3. The Morgan fingerprint density at radius 3 is 2.76 bits per heavy atom. The molecule has 1 amide bonds. The van der Waals surface area contributed by atoms with Gasteiger partial charge in [0.05, 0.1) is 11.8 Å². The minimum Gasteiger partial charge on any atom is -0.335 e. The van der Waals surface area contributed by atoms with Crippen LogP contribution in [-0.4, -0.2) is 32.1 Å². The Bertz CT molecular complexity index is 903. The largest absolute Gasteiger partial charge is 0.335 e. The van der Waals surface area contributed by atoms with Gasteiger partial charge in [-0.3, -0.25) is 4.79 Å². The standard InChI is InChI=1S/C19H21FN4O/c1-4-23(12-14-6-5-7-17(20)8-14)19(25)16-9-15-11-22-24(13(2)3)18(15)21-10-16/h5-11,13H,4,12H2,1-3H3. The fraction of sp³-hybridized carbons (Fsp3) is 0.316. The molecule has 2 heterocycles.